The molecule has 0 saturated heterocycles. The fourth-order valence-electron chi connectivity index (χ4n) is 4.40. The van der Waals surface area contributed by atoms with Gasteiger partial charge in [-0.25, -0.2) is 4.98 Å². The molecule has 29 heavy (non-hydrogen) atoms. The second-order valence-electron chi connectivity index (χ2n) is 7.88. The molecule has 5 heteroatoms. The van der Waals surface area contributed by atoms with Gasteiger partial charge in [0.25, 0.3) is 0 Å². The van der Waals surface area contributed by atoms with Crippen LogP contribution in [0.5, 0.6) is 0 Å². The van der Waals surface area contributed by atoms with Gasteiger partial charge >= 0.3 is 0 Å². The van der Waals surface area contributed by atoms with Crippen molar-refractivity contribution in [2.75, 3.05) is 16.8 Å². The zero-order valence-corrected chi connectivity index (χ0v) is 17.6. The van der Waals surface area contributed by atoms with Crippen LogP contribution < -0.4 is 10.2 Å². The number of nitrogens with zero attached hydrogens (tertiary/aromatic N) is 3. The van der Waals surface area contributed by atoms with Crippen LogP contribution in [0.4, 0.5) is 17.5 Å². The lowest BCUT2D eigenvalue weighted by molar-refractivity contribution is 0.647. The molecule has 0 unspecified atom stereocenters. The molecule has 2 aliphatic rings. The average molecular weight is 407 g/mol. The van der Waals surface area contributed by atoms with Gasteiger partial charge in [0.05, 0.1) is 5.69 Å². The van der Waals surface area contributed by atoms with Gasteiger partial charge in [-0.05, 0) is 61.8 Å². The van der Waals surface area contributed by atoms with E-state index in [1.54, 1.807) is 0 Å². The van der Waals surface area contributed by atoms with E-state index in [2.05, 4.69) is 65.7 Å². The summed E-state index contributed by atoms with van der Waals surface area (Å²) in [5.74, 6) is 1.86. The molecule has 0 atom stereocenters. The minimum atomic E-state index is 0. The van der Waals surface area contributed by atoms with Gasteiger partial charge in [-0.1, -0.05) is 42.5 Å². The first-order chi connectivity index (χ1) is 13.8. The second kappa shape index (κ2) is 8.42. The molecule has 4 nitrogen and oxygen atoms in total. The molecule has 1 aliphatic heterocycles. The molecule has 3 aromatic rings. The normalized spacial score (nSPS) is 15.1. The Bertz CT molecular complexity index is 1020. The van der Waals surface area contributed by atoms with Crippen LogP contribution in [-0.4, -0.2) is 16.5 Å². The maximum Gasteiger partial charge on any atom is 0.229 e. The van der Waals surface area contributed by atoms with Crippen molar-refractivity contribution in [3.63, 3.8) is 0 Å². The van der Waals surface area contributed by atoms with Gasteiger partial charge in [-0.2, -0.15) is 4.98 Å². The summed E-state index contributed by atoms with van der Waals surface area (Å²) in [6.07, 6.45) is 5.68. The number of anilines is 3. The molecule has 5 rings (SSSR count). The molecule has 0 amide bonds. The largest absolute Gasteiger partial charge is 0.352 e. The van der Waals surface area contributed by atoms with Crippen LogP contribution in [0.2, 0.25) is 0 Å². The molecule has 0 saturated carbocycles. The molecule has 0 bridgehead atoms. The van der Waals surface area contributed by atoms with Crippen LogP contribution in [-0.2, 0) is 25.8 Å². The van der Waals surface area contributed by atoms with E-state index >= 15 is 0 Å². The molecule has 150 valence electrons. The van der Waals surface area contributed by atoms with Crippen molar-refractivity contribution in [3.05, 3.63) is 76.5 Å². The van der Waals surface area contributed by atoms with Crippen molar-refractivity contribution in [2.24, 2.45) is 0 Å². The number of hydrogen-bond donors (Lipinski definition) is 1. The van der Waals surface area contributed by atoms with Gasteiger partial charge in [0, 0.05) is 24.3 Å². The number of nitrogens with one attached hydrogen (secondary N) is 1. The standard InChI is InChI=1S/C24H26N4.ClH/c1-17-8-2-6-12-21(17)25-24-26-22-13-7-5-11-20(22)23(27-24)28-15-14-18-9-3-4-10-19(18)16-28;/h2-4,6,8-10,12H,5,7,11,13-16H2,1H3,(H,25,26,27);1H. The Morgan fingerprint density at radius 2 is 1.62 bits per heavy atom. The van der Waals surface area contributed by atoms with Crippen molar-refractivity contribution in [2.45, 2.75) is 45.6 Å². The Morgan fingerprint density at radius 1 is 0.862 bits per heavy atom. The number of aryl methyl sites for hydroxylation is 2. The maximum atomic E-state index is 5.02. The molecule has 1 aromatic heterocycles. The fourth-order valence-corrected chi connectivity index (χ4v) is 4.40. The van der Waals surface area contributed by atoms with E-state index in [0.717, 1.165) is 49.8 Å². The summed E-state index contributed by atoms with van der Waals surface area (Å²) in [6.45, 7) is 4.07. The molecule has 2 heterocycles. The Kier molecular flexibility index (Phi) is 5.72. The first-order valence-electron chi connectivity index (χ1n) is 10.3. The van der Waals surface area contributed by atoms with E-state index in [-0.39, 0.29) is 12.4 Å². The average Bonchev–Trinajstić information content (AvgIpc) is 2.74. The van der Waals surface area contributed by atoms with Crippen LogP contribution >= 0.6 is 12.4 Å². The number of fused-ring (bicyclic) bond motifs is 2. The zero-order valence-electron chi connectivity index (χ0n) is 16.8. The van der Waals surface area contributed by atoms with Crippen LogP contribution in [0.15, 0.2) is 48.5 Å². The number of benzene rings is 2. The third kappa shape index (κ3) is 3.95. The number of aromatic nitrogens is 2. The van der Waals surface area contributed by atoms with Crippen molar-refractivity contribution < 1.29 is 0 Å². The fraction of sp³-hybridized carbons (Fsp3) is 0.333. The summed E-state index contributed by atoms with van der Waals surface area (Å²) in [6, 6.07) is 17.1. The van der Waals surface area contributed by atoms with Gasteiger partial charge in [-0.3, -0.25) is 0 Å². The van der Waals surface area contributed by atoms with E-state index in [9.17, 15) is 0 Å². The first-order valence-corrected chi connectivity index (χ1v) is 10.3. The van der Waals surface area contributed by atoms with Crippen LogP contribution in [0.25, 0.3) is 0 Å². The predicted octanol–water partition coefficient (Wildman–Crippen LogP) is 5.39. The maximum absolute atomic E-state index is 5.02. The molecule has 1 aliphatic carbocycles. The minimum Gasteiger partial charge on any atom is -0.352 e. The highest BCUT2D eigenvalue weighted by Gasteiger charge is 2.24. The molecule has 1 N–H and O–H groups in total. The van der Waals surface area contributed by atoms with E-state index in [4.69, 9.17) is 9.97 Å². The SMILES string of the molecule is Cc1ccccc1Nc1nc2c(c(N3CCc4ccccc4C3)n1)CCCC2.Cl. The van der Waals surface area contributed by atoms with E-state index in [1.807, 2.05) is 0 Å². The third-order valence-corrected chi connectivity index (χ3v) is 5.98. The Morgan fingerprint density at radius 3 is 2.48 bits per heavy atom. The quantitative estimate of drug-likeness (QED) is 0.632. The Hall–Kier alpha value is -2.59. The van der Waals surface area contributed by atoms with Gasteiger partial charge < -0.3 is 10.2 Å². The zero-order chi connectivity index (χ0) is 18.9. The summed E-state index contributed by atoms with van der Waals surface area (Å²) in [5, 5.41) is 3.47. The van der Waals surface area contributed by atoms with Gasteiger partial charge in [0.1, 0.15) is 5.82 Å². The van der Waals surface area contributed by atoms with Crippen molar-refractivity contribution in [1.82, 2.24) is 9.97 Å². The van der Waals surface area contributed by atoms with Gasteiger partial charge in [0.2, 0.25) is 5.95 Å². The molecular weight excluding hydrogens is 380 g/mol. The van der Waals surface area contributed by atoms with Gasteiger partial charge in [-0.15, -0.1) is 12.4 Å². The number of para-hydroxylation sites is 1. The van der Waals surface area contributed by atoms with Crippen LogP contribution in [0, 0.1) is 6.92 Å². The van der Waals surface area contributed by atoms with Crippen molar-refractivity contribution in [3.8, 4) is 0 Å². The third-order valence-electron chi connectivity index (χ3n) is 5.98. The Balaban J connectivity index is 0.00000205. The molecule has 2 aromatic carbocycles. The second-order valence-corrected chi connectivity index (χ2v) is 7.88. The smallest absolute Gasteiger partial charge is 0.229 e. The highest BCUT2D eigenvalue weighted by Crippen LogP contribution is 2.33. The van der Waals surface area contributed by atoms with E-state index < -0.39 is 0 Å². The van der Waals surface area contributed by atoms with Gasteiger partial charge in [0.15, 0.2) is 0 Å². The van der Waals surface area contributed by atoms with Crippen LogP contribution in [0.3, 0.4) is 0 Å². The van der Waals surface area contributed by atoms with Crippen molar-refractivity contribution >= 4 is 29.9 Å². The van der Waals surface area contributed by atoms with Crippen LogP contribution in [0.1, 0.15) is 40.8 Å². The van der Waals surface area contributed by atoms with E-state index in [1.165, 1.54) is 40.8 Å². The highest BCUT2D eigenvalue weighted by molar-refractivity contribution is 5.85. The lowest BCUT2D eigenvalue weighted by atomic mass is 9.94. The monoisotopic (exact) mass is 406 g/mol. The topological polar surface area (TPSA) is 41.1 Å². The lowest BCUT2D eigenvalue weighted by Crippen LogP contribution is -2.33. The molecule has 0 spiro atoms. The number of halogens is 1. The van der Waals surface area contributed by atoms with Crippen molar-refractivity contribution in [1.29, 1.82) is 0 Å². The summed E-state index contributed by atoms with van der Waals surface area (Å²) >= 11 is 0. The summed E-state index contributed by atoms with van der Waals surface area (Å²) in [5.41, 5.74) is 7.77. The summed E-state index contributed by atoms with van der Waals surface area (Å²) in [4.78, 5) is 12.4. The summed E-state index contributed by atoms with van der Waals surface area (Å²) < 4.78 is 0. The molecule has 0 radical (unpaired) electrons. The minimum absolute atomic E-state index is 0. The number of rotatable bonds is 3. The molecular formula is C24H27ClN4. The highest BCUT2D eigenvalue weighted by atomic mass is 35.5. The number of hydrogen-bond acceptors (Lipinski definition) is 4. The first kappa shape index (κ1) is 19.7. The Labute approximate surface area is 178 Å². The molecule has 0 fully saturated rings. The predicted molar refractivity (Wildman–Crippen MR) is 122 cm³/mol. The lowest BCUT2D eigenvalue weighted by Gasteiger charge is -2.33. The summed E-state index contributed by atoms with van der Waals surface area (Å²) in [7, 11) is 0. The van der Waals surface area contributed by atoms with E-state index in [0.29, 0.717) is 0 Å².